The van der Waals surface area contributed by atoms with Crippen LogP contribution in [0.3, 0.4) is 0 Å². The fourth-order valence-electron chi connectivity index (χ4n) is 3.27. The normalized spacial score (nSPS) is 18.1. The number of hydrogen-bond acceptors (Lipinski definition) is 5. The van der Waals surface area contributed by atoms with Gasteiger partial charge < -0.3 is 10.1 Å². The predicted octanol–water partition coefficient (Wildman–Crippen LogP) is 1.97. The first-order valence-corrected chi connectivity index (χ1v) is 9.58. The van der Waals surface area contributed by atoms with E-state index in [9.17, 15) is 19.2 Å². The predicted molar refractivity (Wildman–Crippen MR) is 108 cm³/mol. The van der Waals surface area contributed by atoms with Crippen LogP contribution in [0.5, 0.6) is 0 Å². The number of nitrogens with one attached hydrogen (secondary N) is 2. The lowest BCUT2D eigenvalue weighted by atomic mass is 9.87. The van der Waals surface area contributed by atoms with Crippen LogP contribution >= 0.6 is 0 Å². The Labute approximate surface area is 174 Å². The van der Waals surface area contributed by atoms with E-state index in [0.717, 1.165) is 11.1 Å². The highest BCUT2D eigenvalue weighted by Gasteiger charge is 2.52. The van der Waals surface area contributed by atoms with Crippen LogP contribution < -0.4 is 10.7 Å². The molecule has 0 radical (unpaired) electrons. The summed E-state index contributed by atoms with van der Waals surface area (Å²) in [6.07, 6.45) is 0.323. The summed E-state index contributed by atoms with van der Waals surface area (Å²) >= 11 is 0. The molecule has 1 aliphatic heterocycles. The maximum Gasteiger partial charge on any atom is 0.344 e. The quantitative estimate of drug-likeness (QED) is 0.537. The molecule has 2 aromatic rings. The second kappa shape index (κ2) is 8.77. The molecule has 0 saturated carbocycles. The first-order valence-electron chi connectivity index (χ1n) is 9.58. The Hall–Kier alpha value is -3.68. The van der Waals surface area contributed by atoms with E-state index >= 15 is 0 Å². The van der Waals surface area contributed by atoms with Gasteiger partial charge in [-0.2, -0.15) is 5.01 Å². The van der Waals surface area contributed by atoms with Gasteiger partial charge in [0.2, 0.25) is 0 Å². The maximum atomic E-state index is 12.9. The zero-order valence-corrected chi connectivity index (χ0v) is 16.8. The third kappa shape index (κ3) is 4.32. The van der Waals surface area contributed by atoms with Crippen LogP contribution in [-0.4, -0.2) is 35.4 Å². The average Bonchev–Trinajstić information content (AvgIpc) is 2.99. The Kier molecular flexibility index (Phi) is 6.15. The first kappa shape index (κ1) is 21.0. The number of urea groups is 1. The summed E-state index contributed by atoms with van der Waals surface area (Å²) in [6.45, 7) is 3.10. The van der Waals surface area contributed by atoms with Gasteiger partial charge in [-0.1, -0.05) is 67.1 Å². The van der Waals surface area contributed by atoms with Crippen molar-refractivity contribution in [2.24, 2.45) is 0 Å². The van der Waals surface area contributed by atoms with E-state index in [1.165, 1.54) is 0 Å². The minimum absolute atomic E-state index is 0.0175. The third-order valence-corrected chi connectivity index (χ3v) is 4.96. The minimum Gasteiger partial charge on any atom is -0.455 e. The summed E-state index contributed by atoms with van der Waals surface area (Å²) < 4.78 is 4.96. The van der Waals surface area contributed by atoms with Crippen LogP contribution in [0, 0.1) is 6.92 Å². The van der Waals surface area contributed by atoms with Gasteiger partial charge in [-0.3, -0.25) is 19.8 Å². The van der Waals surface area contributed by atoms with Gasteiger partial charge in [0, 0.05) is 0 Å². The number of carbonyl (C=O) groups excluding carboxylic acids is 4. The molecule has 8 nitrogen and oxygen atoms in total. The molecule has 0 aliphatic carbocycles. The lowest BCUT2D eigenvalue weighted by Crippen LogP contribution is -2.49. The Morgan fingerprint density at radius 1 is 1.07 bits per heavy atom. The zero-order chi connectivity index (χ0) is 21.7. The number of nitrogens with zero attached hydrogens (tertiary/aromatic N) is 1. The molecule has 8 heteroatoms. The lowest BCUT2D eigenvalue weighted by Gasteiger charge is -2.25. The Balaban J connectivity index is 1.58. The number of esters is 1. The van der Waals surface area contributed by atoms with E-state index in [-0.39, 0.29) is 6.42 Å². The van der Waals surface area contributed by atoms with E-state index in [0.29, 0.717) is 17.0 Å². The minimum atomic E-state index is -1.26. The number of rotatable bonds is 7. The molecule has 2 aromatic carbocycles. The number of hydrogen-bond donors (Lipinski definition) is 2. The summed E-state index contributed by atoms with van der Waals surface area (Å²) in [5.74, 6) is -1.96. The van der Waals surface area contributed by atoms with Crippen molar-refractivity contribution in [2.75, 3.05) is 6.61 Å². The molecular weight excluding hydrogens is 386 g/mol. The van der Waals surface area contributed by atoms with Gasteiger partial charge in [0.15, 0.2) is 6.61 Å². The smallest absolute Gasteiger partial charge is 0.344 e. The molecule has 0 bridgehead atoms. The second-order valence-electron chi connectivity index (χ2n) is 7.05. The van der Waals surface area contributed by atoms with Crippen molar-refractivity contribution >= 4 is 23.8 Å². The third-order valence-electron chi connectivity index (χ3n) is 4.96. The van der Waals surface area contributed by atoms with Gasteiger partial charge in [0.05, 0.1) is 6.42 Å². The van der Waals surface area contributed by atoms with Gasteiger partial charge in [-0.25, -0.2) is 4.79 Å². The Bertz CT molecular complexity index is 958. The SMILES string of the molecule is CC[C@]1(c2ccccc2)NC(=O)N(NC(=O)COC(=O)Cc2ccc(C)cc2)C1=O. The molecule has 4 amide bonds. The number of carbonyl (C=O) groups is 4. The van der Waals surface area contributed by atoms with Crippen molar-refractivity contribution in [3.05, 3.63) is 71.3 Å². The van der Waals surface area contributed by atoms with E-state index in [4.69, 9.17) is 4.74 Å². The van der Waals surface area contributed by atoms with E-state index in [2.05, 4.69) is 10.7 Å². The highest BCUT2D eigenvalue weighted by Crippen LogP contribution is 2.31. The lowest BCUT2D eigenvalue weighted by molar-refractivity contribution is -0.150. The fraction of sp³-hybridized carbons (Fsp3) is 0.273. The molecule has 30 heavy (non-hydrogen) atoms. The van der Waals surface area contributed by atoms with Gasteiger partial charge in [0.1, 0.15) is 5.54 Å². The molecule has 1 aliphatic rings. The molecule has 0 spiro atoms. The Morgan fingerprint density at radius 3 is 2.37 bits per heavy atom. The molecule has 0 aromatic heterocycles. The average molecular weight is 409 g/mol. The van der Waals surface area contributed by atoms with Crippen LogP contribution in [0.25, 0.3) is 0 Å². The number of imide groups is 1. The van der Waals surface area contributed by atoms with Crippen molar-refractivity contribution in [1.82, 2.24) is 15.8 Å². The first-order chi connectivity index (χ1) is 14.4. The summed E-state index contributed by atoms with van der Waals surface area (Å²) in [5.41, 5.74) is 3.41. The molecule has 0 unspecified atom stereocenters. The van der Waals surface area contributed by atoms with Gasteiger partial charge in [0.25, 0.3) is 11.8 Å². The highest BCUT2D eigenvalue weighted by molar-refractivity contribution is 6.08. The van der Waals surface area contributed by atoms with E-state index in [1.807, 2.05) is 19.1 Å². The summed E-state index contributed by atoms with van der Waals surface area (Å²) in [7, 11) is 0. The van der Waals surface area contributed by atoms with Crippen LogP contribution in [-0.2, 0) is 31.1 Å². The van der Waals surface area contributed by atoms with Crippen LogP contribution in [0.2, 0.25) is 0 Å². The Morgan fingerprint density at radius 2 is 1.73 bits per heavy atom. The standard InChI is InChI=1S/C22H23N3O5/c1-3-22(17-7-5-4-6-8-17)20(28)25(21(29)23-22)24-18(26)14-30-19(27)13-16-11-9-15(2)10-12-16/h4-12H,3,13-14H2,1-2H3,(H,23,29)(H,24,26)/t22-/m1/s1. The molecule has 2 N–H and O–H groups in total. The van der Waals surface area contributed by atoms with Crippen molar-refractivity contribution in [2.45, 2.75) is 32.2 Å². The molecule has 1 saturated heterocycles. The summed E-state index contributed by atoms with van der Waals surface area (Å²) in [4.78, 5) is 49.4. The van der Waals surface area contributed by atoms with E-state index in [1.54, 1.807) is 49.4 Å². The highest BCUT2D eigenvalue weighted by atomic mass is 16.5. The monoisotopic (exact) mass is 409 g/mol. The number of ether oxygens (including phenoxy) is 1. The zero-order valence-electron chi connectivity index (χ0n) is 16.8. The molecule has 156 valence electrons. The van der Waals surface area contributed by atoms with Gasteiger partial charge in [-0.05, 0) is 24.5 Å². The van der Waals surface area contributed by atoms with Crippen LogP contribution in [0.15, 0.2) is 54.6 Å². The largest absolute Gasteiger partial charge is 0.455 e. The molecule has 3 rings (SSSR count). The number of hydrazine groups is 1. The van der Waals surface area contributed by atoms with Crippen molar-refractivity contribution in [3.63, 3.8) is 0 Å². The van der Waals surface area contributed by atoms with Crippen molar-refractivity contribution in [1.29, 1.82) is 0 Å². The topological polar surface area (TPSA) is 105 Å². The van der Waals surface area contributed by atoms with Gasteiger partial charge >= 0.3 is 12.0 Å². The van der Waals surface area contributed by atoms with Gasteiger partial charge in [-0.15, -0.1) is 0 Å². The molecule has 1 atom stereocenters. The molecular formula is C22H23N3O5. The summed E-state index contributed by atoms with van der Waals surface area (Å²) in [6, 6.07) is 15.4. The number of benzene rings is 2. The second-order valence-corrected chi connectivity index (χ2v) is 7.05. The number of aryl methyl sites for hydroxylation is 1. The number of amides is 4. The van der Waals surface area contributed by atoms with Crippen molar-refractivity contribution < 1.29 is 23.9 Å². The molecule has 1 heterocycles. The van der Waals surface area contributed by atoms with Crippen molar-refractivity contribution in [3.8, 4) is 0 Å². The maximum absolute atomic E-state index is 12.9. The summed E-state index contributed by atoms with van der Waals surface area (Å²) in [5, 5.41) is 3.29. The van der Waals surface area contributed by atoms with E-state index < -0.39 is 36.0 Å². The molecule has 1 fully saturated rings. The van der Waals surface area contributed by atoms with Crippen LogP contribution in [0.1, 0.15) is 30.0 Å². The van der Waals surface area contributed by atoms with Crippen LogP contribution in [0.4, 0.5) is 4.79 Å². The fourth-order valence-corrected chi connectivity index (χ4v) is 3.27.